The first kappa shape index (κ1) is 14.8. The third-order valence-electron chi connectivity index (χ3n) is 2.78. The second-order valence-electron chi connectivity index (χ2n) is 4.36. The van der Waals surface area contributed by atoms with Crippen molar-refractivity contribution in [2.75, 3.05) is 19.8 Å². The maximum atomic E-state index is 11.9. The van der Waals surface area contributed by atoms with Gasteiger partial charge in [0.1, 0.15) is 0 Å². The highest BCUT2D eigenvalue weighted by Crippen LogP contribution is 2.49. The van der Waals surface area contributed by atoms with Gasteiger partial charge in [-0.1, -0.05) is 28.4 Å². The molecule has 1 aliphatic heterocycles. The van der Waals surface area contributed by atoms with Crippen molar-refractivity contribution in [1.29, 1.82) is 0 Å². The first-order valence-electron chi connectivity index (χ1n) is 5.96. The molecule has 2 rings (SSSR count). The smallest absolute Gasteiger partial charge is 0.361 e. The second-order valence-corrected chi connectivity index (χ2v) is 5.90. The Morgan fingerprint density at radius 3 is 2.47 bits per heavy atom. The molecular formula is C11H15Cl2NO5. The monoisotopic (exact) mass is 311 g/mol. The Morgan fingerprint density at radius 2 is 2.00 bits per heavy atom. The lowest BCUT2D eigenvalue weighted by atomic mass is 10.2. The van der Waals surface area contributed by atoms with Crippen LogP contribution in [0.2, 0.25) is 0 Å². The van der Waals surface area contributed by atoms with Crippen molar-refractivity contribution in [3.8, 4) is 0 Å². The minimum absolute atomic E-state index is 0.0807. The van der Waals surface area contributed by atoms with Gasteiger partial charge in [-0.25, -0.2) is 4.79 Å². The number of carbonyl (C=O) groups excluding carboxylic acids is 1. The highest BCUT2D eigenvalue weighted by atomic mass is 35.5. The van der Waals surface area contributed by atoms with E-state index in [4.69, 9.17) is 42.3 Å². The Kier molecular flexibility index (Phi) is 4.25. The van der Waals surface area contributed by atoms with Gasteiger partial charge in [-0.3, -0.25) is 0 Å². The van der Waals surface area contributed by atoms with E-state index < -0.39 is 22.2 Å². The predicted molar refractivity (Wildman–Crippen MR) is 68.3 cm³/mol. The summed E-state index contributed by atoms with van der Waals surface area (Å²) in [6, 6.07) is 0. The molecule has 0 N–H and O–H groups in total. The number of rotatable bonds is 5. The van der Waals surface area contributed by atoms with Crippen molar-refractivity contribution < 1.29 is 23.8 Å². The second kappa shape index (κ2) is 5.44. The summed E-state index contributed by atoms with van der Waals surface area (Å²) in [5, 5.41) is 3.78. The molecule has 19 heavy (non-hydrogen) atoms. The maximum Gasteiger partial charge on any atom is 0.361 e. The van der Waals surface area contributed by atoms with Crippen LogP contribution in [0.1, 0.15) is 20.3 Å². The topological polar surface area (TPSA) is 66.4 Å². The van der Waals surface area contributed by atoms with Gasteiger partial charge >= 0.3 is 5.97 Å². The van der Waals surface area contributed by atoms with Gasteiger partial charge in [0.2, 0.25) is 11.5 Å². The minimum atomic E-state index is -1.26. The van der Waals surface area contributed by atoms with Crippen LogP contribution in [0.3, 0.4) is 0 Å². The lowest BCUT2D eigenvalue weighted by Gasteiger charge is -2.22. The molecule has 0 aromatic carbocycles. The van der Waals surface area contributed by atoms with Crippen molar-refractivity contribution in [1.82, 2.24) is 0 Å². The molecule has 2 fully saturated rings. The molecule has 0 radical (unpaired) electrons. The minimum Gasteiger partial charge on any atom is -0.461 e. The molecular weight excluding hydrogens is 297 g/mol. The van der Waals surface area contributed by atoms with Gasteiger partial charge < -0.3 is 19.0 Å². The van der Waals surface area contributed by atoms with Crippen molar-refractivity contribution >= 4 is 34.9 Å². The first-order chi connectivity index (χ1) is 8.89. The molecule has 1 saturated heterocycles. The van der Waals surface area contributed by atoms with Gasteiger partial charge in [0, 0.05) is 6.42 Å². The summed E-state index contributed by atoms with van der Waals surface area (Å²) in [6.45, 7) is 4.23. The van der Waals surface area contributed by atoms with Gasteiger partial charge in [-0.2, -0.15) is 0 Å². The number of carbonyl (C=O) groups is 1. The van der Waals surface area contributed by atoms with Gasteiger partial charge in [-0.05, 0) is 13.8 Å². The molecule has 1 aliphatic carbocycles. The van der Waals surface area contributed by atoms with Gasteiger partial charge in [-0.15, -0.1) is 0 Å². The number of oxime groups is 1. The zero-order valence-corrected chi connectivity index (χ0v) is 12.2. The van der Waals surface area contributed by atoms with Crippen molar-refractivity contribution in [3.63, 3.8) is 0 Å². The summed E-state index contributed by atoms with van der Waals surface area (Å²) in [5.74, 6) is -1.91. The van der Waals surface area contributed by atoms with E-state index in [0.29, 0.717) is 19.6 Å². The zero-order valence-electron chi connectivity index (χ0n) is 10.7. The molecule has 0 spiro atoms. The summed E-state index contributed by atoms with van der Waals surface area (Å²) in [6.07, 6.45) is 0.0130. The van der Waals surface area contributed by atoms with E-state index in [1.807, 2.05) is 0 Å². The van der Waals surface area contributed by atoms with E-state index in [1.165, 1.54) is 0 Å². The fourth-order valence-corrected chi connectivity index (χ4v) is 1.94. The van der Waals surface area contributed by atoms with Crippen LogP contribution >= 0.6 is 23.2 Å². The Morgan fingerprint density at radius 1 is 1.42 bits per heavy atom. The summed E-state index contributed by atoms with van der Waals surface area (Å²) >= 11 is 11.6. The van der Waals surface area contributed by atoms with Crippen molar-refractivity contribution in [2.45, 2.75) is 36.5 Å². The van der Waals surface area contributed by atoms with E-state index in [9.17, 15) is 4.79 Å². The van der Waals surface area contributed by atoms with E-state index in [-0.39, 0.29) is 12.3 Å². The molecule has 2 aliphatic rings. The molecule has 1 atom stereocenters. The fourth-order valence-electron chi connectivity index (χ4n) is 1.58. The molecule has 8 heteroatoms. The quantitative estimate of drug-likeness (QED) is 0.334. The largest absolute Gasteiger partial charge is 0.461 e. The lowest BCUT2D eigenvalue weighted by molar-refractivity contribution is -0.141. The van der Waals surface area contributed by atoms with E-state index in [0.717, 1.165) is 0 Å². The molecule has 108 valence electrons. The highest BCUT2D eigenvalue weighted by molar-refractivity contribution is 6.51. The van der Waals surface area contributed by atoms with Crippen LogP contribution in [-0.2, 0) is 23.8 Å². The van der Waals surface area contributed by atoms with E-state index in [1.54, 1.807) is 13.8 Å². The summed E-state index contributed by atoms with van der Waals surface area (Å²) in [7, 11) is 0. The lowest BCUT2D eigenvalue weighted by Crippen LogP contribution is -2.42. The van der Waals surface area contributed by atoms with Crippen molar-refractivity contribution in [3.05, 3.63) is 0 Å². The fraction of sp³-hybridized carbons (Fsp3) is 0.818. The Hall–Kier alpha value is -0.560. The Labute approximate surface area is 120 Å². The molecule has 0 bridgehead atoms. The summed E-state index contributed by atoms with van der Waals surface area (Å²) in [5.41, 5.74) is -0.0807. The van der Waals surface area contributed by atoms with Crippen LogP contribution in [0.25, 0.3) is 0 Å². The van der Waals surface area contributed by atoms with Crippen LogP contribution in [0.15, 0.2) is 5.16 Å². The van der Waals surface area contributed by atoms with Crippen molar-refractivity contribution in [2.24, 2.45) is 5.16 Å². The highest BCUT2D eigenvalue weighted by Gasteiger charge is 2.55. The number of esters is 1. The SMILES string of the molecule is CCOC(=O)C(=NOC1CC1(Cl)Cl)C1(C)OCCO1. The molecule has 1 heterocycles. The first-order valence-corrected chi connectivity index (χ1v) is 6.72. The van der Waals surface area contributed by atoms with Gasteiger partial charge in [0.05, 0.1) is 19.8 Å². The molecule has 1 saturated carbocycles. The number of hydrogen-bond acceptors (Lipinski definition) is 6. The predicted octanol–water partition coefficient (Wildman–Crippen LogP) is 1.63. The molecule has 6 nitrogen and oxygen atoms in total. The molecule has 0 aromatic heterocycles. The standard InChI is InChI=1S/C11H15Cl2NO5/c1-3-16-9(15)8(10(2)17-4-5-18-10)14-19-7-6-11(7,12)13/h7H,3-6H2,1-2H3. The molecule has 0 aromatic rings. The van der Waals surface area contributed by atoms with Crippen LogP contribution in [-0.4, -0.2) is 47.7 Å². The van der Waals surface area contributed by atoms with Gasteiger partial charge in [0.15, 0.2) is 10.4 Å². The van der Waals surface area contributed by atoms with Gasteiger partial charge in [0.25, 0.3) is 0 Å². The third kappa shape index (κ3) is 3.31. The molecule has 1 unspecified atom stereocenters. The average molecular weight is 312 g/mol. The number of alkyl halides is 2. The van der Waals surface area contributed by atoms with Crippen LogP contribution in [0.5, 0.6) is 0 Å². The van der Waals surface area contributed by atoms with E-state index >= 15 is 0 Å². The van der Waals surface area contributed by atoms with Crippen LogP contribution < -0.4 is 0 Å². The molecule has 0 amide bonds. The summed E-state index contributed by atoms with van der Waals surface area (Å²) in [4.78, 5) is 17.0. The number of halogens is 2. The number of nitrogens with zero attached hydrogens (tertiary/aromatic N) is 1. The third-order valence-corrected chi connectivity index (χ3v) is 3.57. The average Bonchev–Trinajstić information content (AvgIpc) is 2.72. The van der Waals surface area contributed by atoms with Crippen LogP contribution in [0.4, 0.5) is 0 Å². The van der Waals surface area contributed by atoms with E-state index in [2.05, 4.69) is 5.16 Å². The van der Waals surface area contributed by atoms with Crippen LogP contribution in [0, 0.1) is 0 Å². The number of hydrogen-bond donors (Lipinski definition) is 0. The normalized spacial score (nSPS) is 28.0. The Bertz CT molecular complexity index is 393. The maximum absolute atomic E-state index is 11.9. The zero-order chi connectivity index (χ0) is 14.1. The Balaban J connectivity index is 2.09. The number of ether oxygens (including phenoxy) is 3. The summed E-state index contributed by atoms with van der Waals surface area (Å²) < 4.78 is 14.7.